The first-order chi connectivity index (χ1) is 13.7. The van der Waals surface area contributed by atoms with E-state index in [1.807, 2.05) is 0 Å². The van der Waals surface area contributed by atoms with Crippen molar-refractivity contribution >= 4 is 11.9 Å². The van der Waals surface area contributed by atoms with Crippen LogP contribution in [-0.4, -0.2) is 118 Å². The van der Waals surface area contributed by atoms with Gasteiger partial charge >= 0.3 is 6.18 Å². The summed E-state index contributed by atoms with van der Waals surface area (Å²) in [5.74, 6) is 0.338. The zero-order valence-corrected chi connectivity index (χ0v) is 17.3. The largest absolute Gasteiger partial charge is 0.401 e. The van der Waals surface area contributed by atoms with Crippen LogP contribution in [0.2, 0.25) is 0 Å². The Hall–Kier alpha value is -1.59. The average Bonchev–Trinajstić information content (AvgIpc) is 3.08. The summed E-state index contributed by atoms with van der Waals surface area (Å²) in [6, 6.07) is -0.127. The number of aliphatic imine (C=N–C) groups is 1. The number of carbonyl (C=O) groups is 1. The topological polar surface area (TPSA) is 72.4 Å². The molecule has 8 nitrogen and oxygen atoms in total. The predicted octanol–water partition coefficient (Wildman–Crippen LogP) is -0.0313. The number of likely N-dealkylation sites (N-methyl/N-ethyl adjacent to an activating group) is 1. The van der Waals surface area contributed by atoms with Crippen LogP contribution in [0, 0.1) is 0 Å². The normalized spacial score (nSPS) is 22.0. The minimum atomic E-state index is -4.19. The number of nitrogens with one attached hydrogen (secondary N) is 2. The summed E-state index contributed by atoms with van der Waals surface area (Å²) in [5.41, 5.74) is 0. The van der Waals surface area contributed by atoms with Gasteiger partial charge in [-0.05, 0) is 19.4 Å². The summed E-state index contributed by atoms with van der Waals surface area (Å²) in [6.07, 6.45) is -2.69. The van der Waals surface area contributed by atoms with Crippen molar-refractivity contribution in [1.82, 2.24) is 25.3 Å². The Balaban J connectivity index is 1.81. The van der Waals surface area contributed by atoms with E-state index in [1.165, 1.54) is 9.80 Å². The van der Waals surface area contributed by atoms with Crippen LogP contribution in [0.15, 0.2) is 4.99 Å². The van der Waals surface area contributed by atoms with Crippen LogP contribution in [0.4, 0.5) is 13.2 Å². The number of guanidine groups is 1. The lowest BCUT2D eigenvalue weighted by Gasteiger charge is -2.26. The molecule has 168 valence electrons. The third kappa shape index (κ3) is 9.64. The molecular formula is C18H33F3N6O2. The highest BCUT2D eigenvalue weighted by Gasteiger charge is 2.34. The van der Waals surface area contributed by atoms with Gasteiger partial charge in [-0.15, -0.1) is 0 Å². The van der Waals surface area contributed by atoms with E-state index >= 15 is 0 Å². The molecule has 0 aromatic rings. The summed E-state index contributed by atoms with van der Waals surface area (Å²) in [7, 11) is 3.32. The SMILES string of the molecule is CN(C)C(=O)CN=C(NCCCN1CCOCC1)NC1CCN(CC(F)(F)F)C1. The number of carbonyl (C=O) groups excluding carboxylic acids is 1. The second kappa shape index (κ2) is 11.6. The zero-order valence-electron chi connectivity index (χ0n) is 17.3. The molecule has 11 heteroatoms. The number of alkyl halides is 3. The van der Waals surface area contributed by atoms with Crippen LogP contribution in [0.25, 0.3) is 0 Å². The molecule has 0 bridgehead atoms. The third-order valence-electron chi connectivity index (χ3n) is 4.93. The lowest BCUT2D eigenvalue weighted by molar-refractivity contribution is -0.143. The number of rotatable bonds is 8. The Kier molecular flexibility index (Phi) is 9.44. The monoisotopic (exact) mass is 422 g/mol. The minimum Gasteiger partial charge on any atom is -0.379 e. The number of amides is 1. The first-order valence-corrected chi connectivity index (χ1v) is 10.1. The molecule has 2 rings (SSSR count). The first kappa shape index (κ1) is 23.7. The van der Waals surface area contributed by atoms with E-state index in [9.17, 15) is 18.0 Å². The number of halogens is 3. The van der Waals surface area contributed by atoms with Gasteiger partial charge in [0.05, 0.1) is 19.8 Å². The lowest BCUT2D eigenvalue weighted by atomic mass is 10.3. The number of ether oxygens (including phenoxy) is 1. The summed E-state index contributed by atoms with van der Waals surface area (Å²) >= 11 is 0. The van der Waals surface area contributed by atoms with Crippen molar-refractivity contribution in [2.75, 3.05) is 79.7 Å². The highest BCUT2D eigenvalue weighted by molar-refractivity contribution is 5.84. The molecule has 2 aliphatic rings. The van der Waals surface area contributed by atoms with Crippen molar-refractivity contribution in [2.45, 2.75) is 25.1 Å². The molecule has 0 aromatic heterocycles. The van der Waals surface area contributed by atoms with E-state index in [0.29, 0.717) is 32.0 Å². The molecule has 0 radical (unpaired) electrons. The van der Waals surface area contributed by atoms with Crippen molar-refractivity contribution < 1.29 is 22.7 Å². The summed E-state index contributed by atoms with van der Waals surface area (Å²) in [5, 5.41) is 6.40. The quantitative estimate of drug-likeness (QED) is 0.325. The molecule has 2 N–H and O–H groups in total. The molecule has 0 aliphatic carbocycles. The number of morpholine rings is 1. The highest BCUT2D eigenvalue weighted by atomic mass is 19.4. The van der Waals surface area contributed by atoms with Gasteiger partial charge in [-0.3, -0.25) is 14.6 Å². The minimum absolute atomic E-state index is 0.00914. The number of hydrogen-bond donors (Lipinski definition) is 2. The van der Waals surface area contributed by atoms with Gasteiger partial charge < -0.3 is 20.3 Å². The van der Waals surface area contributed by atoms with Gasteiger partial charge in [-0.1, -0.05) is 0 Å². The smallest absolute Gasteiger partial charge is 0.379 e. The molecule has 2 aliphatic heterocycles. The Morgan fingerprint density at radius 1 is 1.21 bits per heavy atom. The van der Waals surface area contributed by atoms with E-state index in [2.05, 4.69) is 20.5 Å². The Morgan fingerprint density at radius 3 is 2.59 bits per heavy atom. The molecule has 2 saturated heterocycles. The predicted molar refractivity (Wildman–Crippen MR) is 105 cm³/mol. The second-order valence-corrected chi connectivity index (χ2v) is 7.67. The number of nitrogens with zero attached hydrogens (tertiary/aromatic N) is 4. The van der Waals surface area contributed by atoms with Crippen LogP contribution in [0.5, 0.6) is 0 Å². The summed E-state index contributed by atoms with van der Waals surface area (Å²) < 4.78 is 43.1. The number of hydrogen-bond acceptors (Lipinski definition) is 5. The van der Waals surface area contributed by atoms with E-state index in [4.69, 9.17) is 4.74 Å². The summed E-state index contributed by atoms with van der Waals surface area (Å²) in [4.78, 5) is 21.3. The van der Waals surface area contributed by atoms with Gasteiger partial charge in [0.25, 0.3) is 0 Å². The van der Waals surface area contributed by atoms with Crippen LogP contribution >= 0.6 is 0 Å². The molecule has 0 spiro atoms. The number of likely N-dealkylation sites (tertiary alicyclic amines) is 1. The van der Waals surface area contributed by atoms with E-state index in [0.717, 1.165) is 39.3 Å². The Labute approximate surface area is 170 Å². The Morgan fingerprint density at radius 2 is 1.93 bits per heavy atom. The van der Waals surface area contributed by atoms with E-state index in [1.54, 1.807) is 14.1 Å². The maximum Gasteiger partial charge on any atom is 0.401 e. The molecule has 1 unspecified atom stereocenters. The highest BCUT2D eigenvalue weighted by Crippen LogP contribution is 2.19. The van der Waals surface area contributed by atoms with Gasteiger partial charge in [0.1, 0.15) is 6.54 Å². The molecule has 1 amide bonds. The van der Waals surface area contributed by atoms with Gasteiger partial charge in [0.2, 0.25) is 5.91 Å². The van der Waals surface area contributed by atoms with Crippen molar-refractivity contribution in [1.29, 1.82) is 0 Å². The second-order valence-electron chi connectivity index (χ2n) is 7.67. The average molecular weight is 422 g/mol. The van der Waals surface area contributed by atoms with Crippen LogP contribution in [0.1, 0.15) is 12.8 Å². The van der Waals surface area contributed by atoms with E-state index in [-0.39, 0.29) is 18.5 Å². The maximum atomic E-state index is 12.6. The zero-order chi connectivity index (χ0) is 21.3. The molecule has 0 saturated carbocycles. The molecule has 2 heterocycles. The van der Waals surface area contributed by atoms with Gasteiger partial charge in [-0.25, -0.2) is 4.99 Å². The van der Waals surface area contributed by atoms with Gasteiger partial charge in [0.15, 0.2) is 5.96 Å². The Bertz CT molecular complexity index is 538. The summed E-state index contributed by atoms with van der Waals surface area (Å²) in [6.45, 7) is 4.74. The molecule has 1 atom stereocenters. The van der Waals surface area contributed by atoms with Crippen molar-refractivity contribution in [3.05, 3.63) is 0 Å². The maximum absolute atomic E-state index is 12.6. The molecular weight excluding hydrogens is 389 g/mol. The standard InChI is InChI=1S/C18H33F3N6O2/c1-25(2)16(28)12-23-17(22-5-3-6-26-8-10-29-11-9-26)24-15-4-7-27(13-15)14-18(19,20)21/h15H,3-14H2,1-2H3,(H2,22,23,24). The fraction of sp³-hybridized carbons (Fsp3) is 0.889. The fourth-order valence-electron chi connectivity index (χ4n) is 3.32. The third-order valence-corrected chi connectivity index (χ3v) is 4.93. The van der Waals surface area contributed by atoms with Crippen LogP contribution < -0.4 is 10.6 Å². The molecule has 29 heavy (non-hydrogen) atoms. The van der Waals surface area contributed by atoms with Crippen molar-refractivity contribution in [3.8, 4) is 0 Å². The molecule has 0 aromatic carbocycles. The molecule has 2 fully saturated rings. The van der Waals surface area contributed by atoms with Gasteiger partial charge in [-0.2, -0.15) is 13.2 Å². The van der Waals surface area contributed by atoms with Gasteiger partial charge in [0, 0.05) is 52.9 Å². The first-order valence-electron chi connectivity index (χ1n) is 10.1. The van der Waals surface area contributed by atoms with Crippen molar-refractivity contribution in [3.63, 3.8) is 0 Å². The lowest BCUT2D eigenvalue weighted by Crippen LogP contribution is -2.46. The van der Waals surface area contributed by atoms with E-state index < -0.39 is 12.7 Å². The van der Waals surface area contributed by atoms with Crippen LogP contribution in [-0.2, 0) is 9.53 Å². The van der Waals surface area contributed by atoms with Crippen LogP contribution in [0.3, 0.4) is 0 Å². The fourth-order valence-corrected chi connectivity index (χ4v) is 3.32. The van der Waals surface area contributed by atoms with Crippen molar-refractivity contribution in [2.24, 2.45) is 4.99 Å².